The molecule has 0 nitrogen and oxygen atoms in total. The number of terminal acetylenes is 2. The maximum absolute atomic E-state index is 5.96. The highest BCUT2D eigenvalue weighted by molar-refractivity contribution is 7.47. The Hall–Kier alpha value is -0.446. The molecule has 0 spiro atoms. The zero-order valence-corrected chi connectivity index (χ0v) is 16.2. The van der Waals surface area contributed by atoms with Crippen molar-refractivity contribution in [3.05, 3.63) is 0 Å². The molecule has 0 N–H and O–H groups in total. The molecule has 0 aliphatic carbocycles. The third-order valence-electron chi connectivity index (χ3n) is 4.92. The molecular formula is C18H34Si2. The molecule has 0 bridgehead atoms. The monoisotopic (exact) mass is 306 g/mol. The number of hydrogen-bond donors (Lipinski definition) is 0. The number of unbranched alkanes of at least 4 members (excludes halogenated alkanes) is 6. The summed E-state index contributed by atoms with van der Waals surface area (Å²) >= 11 is 0. The van der Waals surface area contributed by atoms with Crippen LogP contribution < -0.4 is 0 Å². The van der Waals surface area contributed by atoms with Crippen LogP contribution in [0.15, 0.2) is 0 Å². The molecule has 0 radical (unpaired) electrons. The van der Waals surface area contributed by atoms with Crippen molar-refractivity contribution < 1.29 is 0 Å². The summed E-state index contributed by atoms with van der Waals surface area (Å²) in [6.45, 7) is 9.30. The average molecular weight is 307 g/mol. The molecular weight excluding hydrogens is 272 g/mol. The molecule has 2 atom stereocenters. The Kier molecular flexibility index (Phi) is 10.1. The van der Waals surface area contributed by atoms with Gasteiger partial charge in [-0.1, -0.05) is 78.3 Å². The third kappa shape index (κ3) is 5.90. The quantitative estimate of drug-likeness (QED) is 0.260. The second kappa shape index (κ2) is 10.3. The fourth-order valence-electron chi connectivity index (χ4n) is 2.83. The van der Waals surface area contributed by atoms with Crippen molar-refractivity contribution >= 4 is 15.2 Å². The summed E-state index contributed by atoms with van der Waals surface area (Å²) in [7, 11) is -3.31. The molecule has 0 saturated carbocycles. The first-order valence-electron chi connectivity index (χ1n) is 8.45. The number of hydrogen-bond acceptors (Lipinski definition) is 0. The van der Waals surface area contributed by atoms with Crippen LogP contribution in [0.1, 0.15) is 65.2 Å². The van der Waals surface area contributed by atoms with Crippen LogP contribution in [0.4, 0.5) is 0 Å². The SMILES string of the molecule is C#C[Si](C)(CCCCCC)[Si](C)(C#C)CCCCCC. The molecule has 0 saturated heterocycles. The van der Waals surface area contributed by atoms with E-state index in [-0.39, 0.29) is 0 Å². The molecule has 0 amide bonds. The Labute approximate surface area is 129 Å². The lowest BCUT2D eigenvalue weighted by molar-refractivity contribution is 0.695. The van der Waals surface area contributed by atoms with Gasteiger partial charge in [-0.2, -0.15) is 0 Å². The van der Waals surface area contributed by atoms with Gasteiger partial charge >= 0.3 is 0 Å². The zero-order valence-electron chi connectivity index (χ0n) is 14.2. The summed E-state index contributed by atoms with van der Waals surface area (Å²) in [5.74, 6) is 0. The summed E-state index contributed by atoms with van der Waals surface area (Å²) in [6.07, 6.45) is 22.4. The Morgan fingerprint density at radius 1 is 0.650 bits per heavy atom. The van der Waals surface area contributed by atoms with Crippen molar-refractivity contribution in [1.82, 2.24) is 0 Å². The second-order valence-electron chi connectivity index (χ2n) is 6.57. The summed E-state index contributed by atoms with van der Waals surface area (Å²) in [5.41, 5.74) is 6.49. The lowest BCUT2D eigenvalue weighted by Crippen LogP contribution is -2.57. The van der Waals surface area contributed by atoms with E-state index in [1.54, 1.807) is 0 Å². The first-order chi connectivity index (χ1) is 9.49. The van der Waals surface area contributed by atoms with Crippen molar-refractivity contribution in [1.29, 1.82) is 0 Å². The van der Waals surface area contributed by atoms with E-state index < -0.39 is 15.2 Å². The van der Waals surface area contributed by atoms with E-state index >= 15 is 0 Å². The maximum Gasteiger partial charge on any atom is 0.141 e. The van der Waals surface area contributed by atoms with Gasteiger partial charge in [-0.05, 0) is 12.1 Å². The Bertz CT molecular complexity index is 302. The summed E-state index contributed by atoms with van der Waals surface area (Å²) < 4.78 is 0. The van der Waals surface area contributed by atoms with Gasteiger partial charge in [0.25, 0.3) is 0 Å². The maximum atomic E-state index is 5.96. The van der Waals surface area contributed by atoms with Crippen LogP contribution in [-0.2, 0) is 0 Å². The number of rotatable bonds is 11. The molecule has 2 unspecified atom stereocenters. The van der Waals surface area contributed by atoms with E-state index in [1.165, 1.54) is 63.5 Å². The molecule has 2 heteroatoms. The van der Waals surface area contributed by atoms with Gasteiger partial charge in [-0.15, -0.1) is 23.9 Å². The topological polar surface area (TPSA) is 0 Å². The van der Waals surface area contributed by atoms with Crippen molar-refractivity contribution in [2.75, 3.05) is 0 Å². The van der Waals surface area contributed by atoms with Gasteiger partial charge in [0.05, 0.1) is 0 Å². The Morgan fingerprint density at radius 3 is 1.25 bits per heavy atom. The van der Waals surface area contributed by atoms with Crippen LogP contribution in [0.25, 0.3) is 0 Å². The van der Waals surface area contributed by atoms with E-state index in [0.717, 1.165) is 0 Å². The van der Waals surface area contributed by atoms with Gasteiger partial charge in [-0.3, -0.25) is 0 Å². The summed E-state index contributed by atoms with van der Waals surface area (Å²) in [5, 5.41) is 0. The molecule has 114 valence electrons. The highest BCUT2D eigenvalue weighted by Gasteiger charge is 2.45. The largest absolute Gasteiger partial charge is 0.141 e. The Morgan fingerprint density at radius 2 is 1.00 bits per heavy atom. The van der Waals surface area contributed by atoms with Gasteiger partial charge in [0.2, 0.25) is 0 Å². The first kappa shape index (κ1) is 19.6. The standard InChI is InChI=1S/C18H34Si2/c1-7-11-13-15-17-19(5,9-3)20(6,10-4)18-16-14-12-8-2/h3-4H,7-8,11-18H2,1-2,5-6H3. The molecule has 0 fully saturated rings. The smallest absolute Gasteiger partial charge is 0.137 e. The van der Waals surface area contributed by atoms with Crippen LogP contribution in [0.5, 0.6) is 0 Å². The van der Waals surface area contributed by atoms with E-state index in [0.29, 0.717) is 0 Å². The minimum atomic E-state index is -1.66. The minimum Gasteiger partial charge on any atom is -0.137 e. The van der Waals surface area contributed by atoms with E-state index in [4.69, 9.17) is 12.8 Å². The molecule has 0 aromatic rings. The average Bonchev–Trinajstić information content (AvgIpc) is 2.47. The van der Waals surface area contributed by atoms with Crippen LogP contribution in [0.2, 0.25) is 25.2 Å². The first-order valence-corrected chi connectivity index (χ1v) is 14.9. The van der Waals surface area contributed by atoms with Crippen molar-refractivity contribution in [3.63, 3.8) is 0 Å². The van der Waals surface area contributed by atoms with Crippen LogP contribution in [0.3, 0.4) is 0 Å². The normalized spacial score (nSPS) is 16.7. The van der Waals surface area contributed by atoms with E-state index in [9.17, 15) is 0 Å². The van der Waals surface area contributed by atoms with Gasteiger partial charge in [0, 0.05) is 0 Å². The van der Waals surface area contributed by atoms with Crippen molar-refractivity contribution in [2.24, 2.45) is 0 Å². The fraction of sp³-hybridized carbons (Fsp3) is 0.778. The predicted molar refractivity (Wildman–Crippen MR) is 98.8 cm³/mol. The van der Waals surface area contributed by atoms with Gasteiger partial charge in [0.1, 0.15) is 15.2 Å². The highest BCUT2D eigenvalue weighted by Crippen LogP contribution is 2.30. The molecule has 20 heavy (non-hydrogen) atoms. The van der Waals surface area contributed by atoms with Crippen LogP contribution in [-0.4, -0.2) is 15.2 Å². The van der Waals surface area contributed by atoms with Gasteiger partial charge in [-0.25, -0.2) is 0 Å². The van der Waals surface area contributed by atoms with E-state index in [1.807, 2.05) is 0 Å². The zero-order chi connectivity index (χ0) is 15.5. The van der Waals surface area contributed by atoms with Crippen molar-refractivity contribution in [2.45, 2.75) is 90.4 Å². The van der Waals surface area contributed by atoms with Gasteiger partial charge < -0.3 is 0 Å². The lowest BCUT2D eigenvalue weighted by Gasteiger charge is -2.35. The highest BCUT2D eigenvalue weighted by atomic mass is 29.3. The summed E-state index contributed by atoms with van der Waals surface area (Å²) in [6, 6.07) is 2.51. The minimum absolute atomic E-state index is 1.25. The molecule has 0 heterocycles. The van der Waals surface area contributed by atoms with Crippen molar-refractivity contribution in [3.8, 4) is 23.9 Å². The third-order valence-corrected chi connectivity index (χ3v) is 21.0. The second-order valence-corrected chi connectivity index (χ2v) is 20.1. The molecule has 0 aromatic heterocycles. The predicted octanol–water partition coefficient (Wildman–Crippen LogP) is 5.73. The fourth-order valence-corrected chi connectivity index (χ4v) is 13.1. The van der Waals surface area contributed by atoms with E-state index in [2.05, 4.69) is 38.0 Å². The van der Waals surface area contributed by atoms with Crippen LogP contribution >= 0.6 is 0 Å². The molecule has 0 aromatic carbocycles. The van der Waals surface area contributed by atoms with Gasteiger partial charge in [0.15, 0.2) is 0 Å². The molecule has 0 aliphatic rings. The van der Waals surface area contributed by atoms with Crippen LogP contribution in [0, 0.1) is 23.9 Å². The molecule has 0 aliphatic heterocycles. The molecule has 0 rings (SSSR count). The lowest BCUT2D eigenvalue weighted by atomic mass is 10.2. The summed E-state index contributed by atoms with van der Waals surface area (Å²) in [4.78, 5) is 0. The Balaban J connectivity index is 4.60.